The molecule has 0 aliphatic heterocycles. The van der Waals surface area contributed by atoms with Crippen LogP contribution in [0.25, 0.3) is 0 Å². The van der Waals surface area contributed by atoms with E-state index in [1.165, 1.54) is 4.68 Å². The van der Waals surface area contributed by atoms with Gasteiger partial charge >= 0.3 is 0 Å². The molecular formula is C13H22N4O. The van der Waals surface area contributed by atoms with Crippen LogP contribution < -0.4 is 15.8 Å². The fourth-order valence-electron chi connectivity index (χ4n) is 1.74. The van der Waals surface area contributed by atoms with E-state index in [-0.39, 0.29) is 5.56 Å². The molecule has 0 bridgehead atoms. The highest BCUT2D eigenvalue weighted by Crippen LogP contribution is 2.07. The Morgan fingerprint density at radius 2 is 2.22 bits per heavy atom. The van der Waals surface area contributed by atoms with Crippen molar-refractivity contribution < 1.29 is 0 Å². The first kappa shape index (κ1) is 14.4. The summed E-state index contributed by atoms with van der Waals surface area (Å²) >= 11 is 0. The van der Waals surface area contributed by atoms with Crippen molar-refractivity contribution in [1.29, 1.82) is 0 Å². The van der Waals surface area contributed by atoms with Crippen LogP contribution in [0.2, 0.25) is 0 Å². The molecule has 0 aliphatic carbocycles. The summed E-state index contributed by atoms with van der Waals surface area (Å²) in [6, 6.07) is 1.65. The maximum absolute atomic E-state index is 11.9. The van der Waals surface area contributed by atoms with Crippen molar-refractivity contribution in [3.05, 3.63) is 35.3 Å². The number of hydrogen-bond donors (Lipinski definition) is 1. The molecule has 0 radical (unpaired) electrons. The molecule has 0 amide bonds. The third kappa shape index (κ3) is 4.00. The average Bonchev–Trinajstić information content (AvgIpc) is 2.38. The van der Waals surface area contributed by atoms with Gasteiger partial charge in [0.1, 0.15) is 0 Å². The first-order chi connectivity index (χ1) is 8.72. The van der Waals surface area contributed by atoms with Gasteiger partial charge in [0.15, 0.2) is 0 Å². The minimum absolute atomic E-state index is 0.0557. The molecule has 18 heavy (non-hydrogen) atoms. The number of anilines is 1. The number of hydrogen-bond acceptors (Lipinski definition) is 4. The summed E-state index contributed by atoms with van der Waals surface area (Å²) < 4.78 is 1.48. The largest absolute Gasteiger partial charge is 0.371 e. The maximum atomic E-state index is 11.9. The highest BCUT2D eigenvalue weighted by Gasteiger charge is 2.04. The molecule has 1 aromatic heterocycles. The van der Waals surface area contributed by atoms with Gasteiger partial charge in [-0.15, -0.1) is 6.58 Å². The van der Waals surface area contributed by atoms with Gasteiger partial charge in [0.2, 0.25) is 0 Å². The van der Waals surface area contributed by atoms with Gasteiger partial charge < -0.3 is 10.2 Å². The van der Waals surface area contributed by atoms with E-state index < -0.39 is 0 Å². The lowest BCUT2D eigenvalue weighted by Crippen LogP contribution is -2.30. The van der Waals surface area contributed by atoms with Crippen LogP contribution in [0.4, 0.5) is 5.69 Å². The van der Waals surface area contributed by atoms with Gasteiger partial charge in [0.25, 0.3) is 5.56 Å². The highest BCUT2D eigenvalue weighted by atomic mass is 16.1. The van der Waals surface area contributed by atoms with E-state index in [0.717, 1.165) is 25.3 Å². The second-order valence-electron chi connectivity index (χ2n) is 3.94. The Bertz CT molecular complexity index is 423. The van der Waals surface area contributed by atoms with Gasteiger partial charge in [-0.1, -0.05) is 6.08 Å². The molecule has 0 aromatic carbocycles. The number of nitrogens with one attached hydrogen (secondary N) is 1. The Balaban J connectivity index is 2.67. The van der Waals surface area contributed by atoms with E-state index in [1.807, 2.05) is 0 Å². The van der Waals surface area contributed by atoms with Crippen molar-refractivity contribution in [2.45, 2.75) is 20.4 Å². The van der Waals surface area contributed by atoms with Gasteiger partial charge in [-0.3, -0.25) is 4.79 Å². The normalized spacial score (nSPS) is 10.3. The van der Waals surface area contributed by atoms with Gasteiger partial charge in [-0.05, 0) is 13.8 Å². The molecular weight excluding hydrogens is 228 g/mol. The Hall–Kier alpha value is -1.62. The summed E-state index contributed by atoms with van der Waals surface area (Å²) in [4.78, 5) is 14.0. The smallest absolute Gasteiger partial charge is 0.268 e. The molecule has 0 spiro atoms. The Kier molecular flexibility index (Phi) is 6.14. The van der Waals surface area contributed by atoms with Gasteiger partial charge in [-0.2, -0.15) is 5.10 Å². The van der Waals surface area contributed by atoms with Crippen molar-refractivity contribution in [1.82, 2.24) is 15.1 Å². The standard InChI is InChI=1S/C13H22N4O/c1-4-7-14-8-9-17-13(18)10-12(11-15-17)16(5-2)6-3/h4,10-11,14H,1,5-9H2,2-3H3. The molecule has 0 saturated heterocycles. The molecule has 1 rings (SSSR count). The molecule has 1 heterocycles. The lowest BCUT2D eigenvalue weighted by atomic mass is 10.4. The third-order valence-electron chi connectivity index (χ3n) is 2.77. The second kappa shape index (κ2) is 7.66. The molecule has 1 N–H and O–H groups in total. The molecule has 5 heteroatoms. The van der Waals surface area contributed by atoms with Crippen molar-refractivity contribution >= 4 is 5.69 Å². The number of rotatable bonds is 8. The van der Waals surface area contributed by atoms with Crippen molar-refractivity contribution in [2.24, 2.45) is 0 Å². The Morgan fingerprint density at radius 3 is 2.78 bits per heavy atom. The minimum atomic E-state index is -0.0557. The predicted molar refractivity (Wildman–Crippen MR) is 75.1 cm³/mol. The lowest BCUT2D eigenvalue weighted by molar-refractivity contribution is 0.545. The SMILES string of the molecule is C=CCNCCn1ncc(N(CC)CC)cc1=O. The molecule has 0 saturated carbocycles. The minimum Gasteiger partial charge on any atom is -0.371 e. The molecule has 5 nitrogen and oxygen atoms in total. The average molecular weight is 250 g/mol. The summed E-state index contributed by atoms with van der Waals surface area (Å²) in [5.41, 5.74) is 0.833. The van der Waals surface area contributed by atoms with Crippen LogP contribution in [0, 0.1) is 0 Å². The van der Waals surface area contributed by atoms with Crippen LogP contribution in [-0.2, 0) is 6.54 Å². The quantitative estimate of drug-likeness (QED) is 0.549. The first-order valence-corrected chi connectivity index (χ1v) is 6.36. The maximum Gasteiger partial charge on any atom is 0.268 e. The Morgan fingerprint density at radius 1 is 1.50 bits per heavy atom. The zero-order valence-electron chi connectivity index (χ0n) is 11.2. The highest BCUT2D eigenvalue weighted by molar-refractivity contribution is 5.42. The third-order valence-corrected chi connectivity index (χ3v) is 2.77. The Labute approximate surface area is 108 Å². The van der Waals surface area contributed by atoms with Crippen molar-refractivity contribution in [3.63, 3.8) is 0 Å². The molecule has 0 aliphatic rings. The van der Waals surface area contributed by atoms with Crippen molar-refractivity contribution in [3.8, 4) is 0 Å². The fraction of sp³-hybridized carbons (Fsp3) is 0.538. The molecule has 100 valence electrons. The van der Waals surface area contributed by atoms with Gasteiger partial charge in [0, 0.05) is 32.2 Å². The molecule has 0 fully saturated rings. The lowest BCUT2D eigenvalue weighted by Gasteiger charge is -2.20. The van der Waals surface area contributed by atoms with E-state index in [1.54, 1.807) is 18.3 Å². The number of aromatic nitrogens is 2. The fourth-order valence-corrected chi connectivity index (χ4v) is 1.74. The molecule has 0 unspecified atom stereocenters. The van der Waals surface area contributed by atoms with Crippen LogP contribution >= 0.6 is 0 Å². The molecule has 1 aromatic rings. The van der Waals surface area contributed by atoms with Crippen molar-refractivity contribution in [2.75, 3.05) is 31.1 Å². The summed E-state index contributed by atoms with van der Waals surface area (Å²) in [6.07, 6.45) is 3.54. The zero-order chi connectivity index (χ0) is 13.4. The summed E-state index contributed by atoms with van der Waals surface area (Å²) in [7, 11) is 0. The summed E-state index contributed by atoms with van der Waals surface area (Å²) in [5.74, 6) is 0. The van der Waals surface area contributed by atoms with E-state index in [4.69, 9.17) is 0 Å². The van der Waals surface area contributed by atoms with E-state index in [2.05, 4.69) is 35.7 Å². The predicted octanol–water partition coefficient (Wildman–Crippen LogP) is 0.865. The van der Waals surface area contributed by atoms with Crippen LogP contribution in [-0.4, -0.2) is 36.0 Å². The number of nitrogens with zero attached hydrogens (tertiary/aromatic N) is 3. The second-order valence-corrected chi connectivity index (χ2v) is 3.94. The topological polar surface area (TPSA) is 50.2 Å². The van der Waals surface area contributed by atoms with Gasteiger partial charge in [-0.25, -0.2) is 4.68 Å². The van der Waals surface area contributed by atoms with E-state index in [0.29, 0.717) is 13.1 Å². The van der Waals surface area contributed by atoms with E-state index in [9.17, 15) is 4.79 Å². The van der Waals surface area contributed by atoms with Crippen LogP contribution in [0.1, 0.15) is 13.8 Å². The first-order valence-electron chi connectivity index (χ1n) is 6.36. The van der Waals surface area contributed by atoms with Crippen LogP contribution in [0.5, 0.6) is 0 Å². The van der Waals surface area contributed by atoms with Crippen LogP contribution in [0.3, 0.4) is 0 Å². The monoisotopic (exact) mass is 250 g/mol. The zero-order valence-corrected chi connectivity index (χ0v) is 11.2. The summed E-state index contributed by atoms with van der Waals surface area (Å²) in [5, 5.41) is 7.33. The van der Waals surface area contributed by atoms with Gasteiger partial charge in [0.05, 0.1) is 18.4 Å². The molecule has 0 atom stereocenters. The van der Waals surface area contributed by atoms with E-state index >= 15 is 0 Å². The summed E-state index contributed by atoms with van der Waals surface area (Å²) in [6.45, 7) is 11.5. The van der Waals surface area contributed by atoms with Crippen LogP contribution in [0.15, 0.2) is 29.7 Å².